The molecule has 5 nitrogen and oxygen atoms in total. The van der Waals surface area contributed by atoms with Gasteiger partial charge in [-0.05, 0) is 36.5 Å². The van der Waals surface area contributed by atoms with Crippen LogP contribution in [-0.4, -0.2) is 25.3 Å². The molecule has 0 aromatic carbocycles. The number of nitriles is 2. The van der Waals surface area contributed by atoms with Gasteiger partial charge < -0.3 is 4.74 Å². The second-order valence-electron chi connectivity index (χ2n) is 8.39. The molecule has 142 valence electrons. The molecule has 0 aromatic heterocycles. The third-order valence-corrected chi connectivity index (χ3v) is 6.46. The average molecular weight is 374 g/mol. The van der Waals surface area contributed by atoms with Gasteiger partial charge in [-0.15, -0.1) is 0 Å². The lowest BCUT2D eigenvalue weighted by Gasteiger charge is -2.56. The van der Waals surface area contributed by atoms with Gasteiger partial charge in [-0.3, -0.25) is 9.59 Å². The maximum Gasteiger partial charge on any atom is 0.196 e. The number of fused-ring (bicyclic) bond motifs is 3. The van der Waals surface area contributed by atoms with Crippen molar-refractivity contribution in [3.8, 4) is 24.0 Å². The van der Waals surface area contributed by atoms with Crippen molar-refractivity contribution in [2.45, 2.75) is 33.6 Å². The molecular formula is C23H22N2O3. The smallest absolute Gasteiger partial charge is 0.196 e. The number of hydrogen-bond donors (Lipinski definition) is 0. The Morgan fingerprint density at radius 1 is 1.14 bits per heavy atom. The maximum atomic E-state index is 12.8. The van der Waals surface area contributed by atoms with Crippen LogP contribution >= 0.6 is 0 Å². The van der Waals surface area contributed by atoms with Crippen LogP contribution in [-0.2, 0) is 14.3 Å². The molecule has 3 rings (SSSR count). The van der Waals surface area contributed by atoms with E-state index in [1.807, 2.05) is 32.9 Å². The minimum absolute atomic E-state index is 0.0713. The van der Waals surface area contributed by atoms with E-state index in [2.05, 4.69) is 11.8 Å². The van der Waals surface area contributed by atoms with Crippen LogP contribution in [0.25, 0.3) is 0 Å². The molecule has 3 atom stereocenters. The Hall–Kier alpha value is -2.94. The molecule has 1 saturated carbocycles. The number of carbonyl (C=O) groups is 2. The first-order valence-electron chi connectivity index (χ1n) is 9.23. The van der Waals surface area contributed by atoms with E-state index >= 15 is 0 Å². The minimum Gasteiger partial charge on any atom is -0.372 e. The Labute approximate surface area is 165 Å². The van der Waals surface area contributed by atoms with Crippen molar-refractivity contribution in [3.05, 3.63) is 34.9 Å². The monoisotopic (exact) mass is 374 g/mol. The van der Waals surface area contributed by atoms with E-state index in [1.165, 1.54) is 6.08 Å². The number of ether oxygens (including phenoxy) is 1. The van der Waals surface area contributed by atoms with Crippen LogP contribution in [0.3, 0.4) is 0 Å². The van der Waals surface area contributed by atoms with Crippen LogP contribution in [0.5, 0.6) is 0 Å². The van der Waals surface area contributed by atoms with Gasteiger partial charge in [0.15, 0.2) is 11.6 Å². The van der Waals surface area contributed by atoms with E-state index in [0.717, 1.165) is 5.57 Å². The number of Topliss-reactive ketones (excluding diaryl/α,β-unsaturated/α-hetero) is 1. The molecule has 0 N–H and O–H groups in total. The van der Waals surface area contributed by atoms with Crippen LogP contribution < -0.4 is 0 Å². The largest absolute Gasteiger partial charge is 0.372 e. The van der Waals surface area contributed by atoms with Crippen LogP contribution in [0.4, 0.5) is 0 Å². The number of methoxy groups -OCH3 is 1. The highest BCUT2D eigenvalue weighted by atomic mass is 16.5. The number of rotatable bonds is 1. The van der Waals surface area contributed by atoms with Crippen molar-refractivity contribution >= 4 is 11.6 Å². The Morgan fingerprint density at radius 3 is 2.43 bits per heavy atom. The fourth-order valence-corrected chi connectivity index (χ4v) is 5.20. The van der Waals surface area contributed by atoms with E-state index in [9.17, 15) is 20.1 Å². The van der Waals surface area contributed by atoms with Crippen LogP contribution in [0.1, 0.15) is 33.6 Å². The normalized spacial score (nSPS) is 32.9. The Morgan fingerprint density at radius 2 is 1.82 bits per heavy atom. The van der Waals surface area contributed by atoms with Crippen molar-refractivity contribution in [1.29, 1.82) is 10.5 Å². The third-order valence-electron chi connectivity index (χ3n) is 6.46. The van der Waals surface area contributed by atoms with Gasteiger partial charge in [0.25, 0.3) is 0 Å². The van der Waals surface area contributed by atoms with Gasteiger partial charge in [0.1, 0.15) is 18.7 Å². The molecule has 28 heavy (non-hydrogen) atoms. The highest BCUT2D eigenvalue weighted by Gasteiger charge is 2.59. The number of hydrogen-bond acceptors (Lipinski definition) is 5. The summed E-state index contributed by atoms with van der Waals surface area (Å²) >= 11 is 0. The lowest BCUT2D eigenvalue weighted by molar-refractivity contribution is -0.130. The summed E-state index contributed by atoms with van der Waals surface area (Å²) in [7, 11) is 1.56. The predicted octanol–water partition coefficient (Wildman–Crippen LogP) is 3.06. The molecule has 1 fully saturated rings. The summed E-state index contributed by atoms with van der Waals surface area (Å²) in [6.45, 7) is 5.95. The summed E-state index contributed by atoms with van der Waals surface area (Å²) in [6.07, 6.45) is 6.16. The molecule has 0 radical (unpaired) electrons. The van der Waals surface area contributed by atoms with E-state index in [4.69, 9.17) is 4.74 Å². The van der Waals surface area contributed by atoms with E-state index in [1.54, 1.807) is 19.3 Å². The van der Waals surface area contributed by atoms with Crippen LogP contribution in [0, 0.1) is 56.7 Å². The topological polar surface area (TPSA) is 90.9 Å². The minimum atomic E-state index is -0.781. The van der Waals surface area contributed by atoms with Crippen molar-refractivity contribution in [1.82, 2.24) is 0 Å². The first kappa shape index (κ1) is 19.8. The molecule has 0 aliphatic heterocycles. The molecule has 0 saturated heterocycles. The van der Waals surface area contributed by atoms with Gasteiger partial charge in [-0.2, -0.15) is 10.5 Å². The first-order chi connectivity index (χ1) is 13.2. The molecule has 0 amide bonds. The lowest BCUT2D eigenvalue weighted by Crippen LogP contribution is -2.53. The number of nitrogens with zero attached hydrogens (tertiary/aromatic N) is 2. The molecule has 5 heteroatoms. The van der Waals surface area contributed by atoms with Crippen molar-refractivity contribution in [2.24, 2.45) is 22.2 Å². The van der Waals surface area contributed by atoms with Gasteiger partial charge in [0.05, 0.1) is 16.6 Å². The number of ketones is 2. The van der Waals surface area contributed by atoms with Crippen molar-refractivity contribution in [3.63, 3.8) is 0 Å². The molecule has 3 aliphatic rings. The summed E-state index contributed by atoms with van der Waals surface area (Å²) in [5.41, 5.74) is -1.24. The summed E-state index contributed by atoms with van der Waals surface area (Å²) in [4.78, 5) is 25.4. The Kier molecular flexibility index (Phi) is 4.66. The van der Waals surface area contributed by atoms with E-state index in [0.29, 0.717) is 12.8 Å². The third kappa shape index (κ3) is 2.65. The zero-order valence-corrected chi connectivity index (χ0v) is 16.5. The van der Waals surface area contributed by atoms with Gasteiger partial charge >= 0.3 is 0 Å². The Bertz CT molecular complexity index is 1000. The molecule has 0 spiro atoms. The second-order valence-corrected chi connectivity index (χ2v) is 8.39. The van der Waals surface area contributed by atoms with Crippen LogP contribution in [0.2, 0.25) is 0 Å². The maximum absolute atomic E-state index is 12.8. The fourth-order valence-electron chi connectivity index (χ4n) is 5.20. The fraction of sp³-hybridized carbons (Fsp3) is 0.478. The van der Waals surface area contributed by atoms with Crippen molar-refractivity contribution < 1.29 is 14.3 Å². The number of carbonyl (C=O) groups excluding carboxylic acids is 2. The molecule has 0 unspecified atom stereocenters. The molecule has 3 aliphatic carbocycles. The average Bonchev–Trinajstić information content (AvgIpc) is 2.65. The first-order valence-corrected chi connectivity index (χ1v) is 9.23. The van der Waals surface area contributed by atoms with Crippen LogP contribution in [0.15, 0.2) is 34.9 Å². The summed E-state index contributed by atoms with van der Waals surface area (Å²) < 4.78 is 5.05. The number of allylic oxidation sites excluding steroid dienone is 6. The summed E-state index contributed by atoms with van der Waals surface area (Å²) in [5, 5.41) is 18.9. The van der Waals surface area contributed by atoms with Gasteiger partial charge in [0, 0.05) is 17.9 Å². The summed E-state index contributed by atoms with van der Waals surface area (Å²) in [6, 6.07) is 4.01. The molecule has 0 bridgehead atoms. The zero-order chi connectivity index (χ0) is 20.7. The summed E-state index contributed by atoms with van der Waals surface area (Å²) in [5.74, 6) is 5.63. The standard InChI is InChI=1S/C23H22N2O3/c1-21(2)18-6-8-23(7-5-9-28-4)12-15(13-24)17(26)10-19(23)22(18,3)11-16(14-25)20(21)27/h10-12,18H,6,8-9H2,1-4H3/t18-,22-,23+/m0/s1. The highest BCUT2D eigenvalue weighted by molar-refractivity contribution is 6.09. The second kappa shape index (κ2) is 6.59. The van der Waals surface area contributed by atoms with E-state index < -0.39 is 16.2 Å². The highest BCUT2D eigenvalue weighted by Crippen LogP contribution is 2.63. The molecule has 0 heterocycles. The quantitative estimate of drug-likeness (QED) is 0.658. The van der Waals surface area contributed by atoms with Gasteiger partial charge in [-0.1, -0.05) is 38.7 Å². The molecular weight excluding hydrogens is 352 g/mol. The molecule has 0 aromatic rings. The van der Waals surface area contributed by atoms with Gasteiger partial charge in [0.2, 0.25) is 0 Å². The Balaban J connectivity index is 2.28. The predicted molar refractivity (Wildman–Crippen MR) is 102 cm³/mol. The van der Waals surface area contributed by atoms with Crippen molar-refractivity contribution in [2.75, 3.05) is 13.7 Å². The SMILES string of the molecule is COCC#C[C@@]12C=C(C#N)C(=O)C=C1[C@@]1(C)C=C(C#N)C(=O)C(C)(C)[C@@H]1CC2. The lowest BCUT2D eigenvalue weighted by atomic mass is 9.45. The van der Waals surface area contributed by atoms with E-state index in [-0.39, 0.29) is 35.2 Å². The zero-order valence-electron chi connectivity index (χ0n) is 16.5. The van der Waals surface area contributed by atoms with Gasteiger partial charge in [-0.25, -0.2) is 0 Å².